The van der Waals surface area contributed by atoms with Gasteiger partial charge in [0, 0.05) is 0 Å². The van der Waals surface area contributed by atoms with Crippen molar-refractivity contribution in [2.75, 3.05) is 18.2 Å². The third-order valence-corrected chi connectivity index (χ3v) is 4.67. The van der Waals surface area contributed by atoms with Crippen molar-refractivity contribution in [1.82, 2.24) is 20.2 Å². The number of ether oxygens (including phenoxy) is 1. The molecule has 26 heavy (non-hydrogen) atoms. The number of benzene rings is 1. The number of anilines is 1. The summed E-state index contributed by atoms with van der Waals surface area (Å²) in [5.41, 5.74) is 1.53. The first kappa shape index (κ1) is 20.2. The Bertz CT molecular complexity index is 775. The molecule has 0 spiro atoms. The summed E-state index contributed by atoms with van der Waals surface area (Å²) in [5.74, 6) is 0.706. The van der Waals surface area contributed by atoms with Crippen molar-refractivity contribution in [2.45, 2.75) is 57.7 Å². The van der Waals surface area contributed by atoms with Crippen LogP contribution in [0.15, 0.2) is 23.4 Å². The number of carbonyl (C=O) groups excluding carboxylic acids is 1. The van der Waals surface area contributed by atoms with Crippen LogP contribution in [0.1, 0.15) is 47.1 Å². The van der Waals surface area contributed by atoms with Gasteiger partial charge < -0.3 is 10.1 Å². The molecule has 0 fully saturated rings. The molecular formula is C18H27N5O2S. The van der Waals surface area contributed by atoms with Gasteiger partial charge in [0.25, 0.3) is 0 Å². The van der Waals surface area contributed by atoms with Crippen molar-refractivity contribution in [3.05, 3.63) is 23.8 Å². The number of hydrogen-bond acceptors (Lipinski definition) is 6. The first-order chi connectivity index (χ1) is 12.0. The van der Waals surface area contributed by atoms with Gasteiger partial charge in [-0.25, -0.2) is 4.68 Å². The highest BCUT2D eigenvalue weighted by atomic mass is 32.2. The van der Waals surface area contributed by atoms with Gasteiger partial charge in [0.1, 0.15) is 5.75 Å². The van der Waals surface area contributed by atoms with Gasteiger partial charge in [-0.1, -0.05) is 38.6 Å². The standard InChI is InChI=1S/C18H27N5O2S/c1-17(2,3)12-8-9-14(25-7)13(10-12)19-15(24)11-26-16-20-21-22-23(16)18(4,5)6/h8-10H,11H2,1-7H3,(H,19,24). The molecule has 142 valence electrons. The predicted octanol–water partition coefficient (Wildman–Crippen LogP) is 3.47. The second-order valence-corrected chi connectivity index (χ2v) is 8.99. The highest BCUT2D eigenvalue weighted by Crippen LogP contribution is 2.31. The highest BCUT2D eigenvalue weighted by molar-refractivity contribution is 7.99. The summed E-state index contributed by atoms with van der Waals surface area (Å²) in [4.78, 5) is 12.4. The lowest BCUT2D eigenvalue weighted by molar-refractivity contribution is -0.113. The lowest BCUT2D eigenvalue weighted by Gasteiger charge is -2.21. The maximum absolute atomic E-state index is 12.4. The van der Waals surface area contributed by atoms with Crippen LogP contribution in [0.4, 0.5) is 5.69 Å². The number of thioether (sulfide) groups is 1. The zero-order valence-electron chi connectivity index (χ0n) is 16.5. The summed E-state index contributed by atoms with van der Waals surface area (Å²) in [5, 5.41) is 15.3. The molecule has 2 aromatic rings. The third kappa shape index (κ3) is 4.97. The van der Waals surface area contributed by atoms with Crippen LogP contribution in [-0.2, 0) is 15.7 Å². The van der Waals surface area contributed by atoms with Crippen molar-refractivity contribution >= 4 is 23.4 Å². The summed E-state index contributed by atoms with van der Waals surface area (Å²) in [6, 6.07) is 5.85. The van der Waals surface area contributed by atoms with E-state index in [-0.39, 0.29) is 22.6 Å². The second kappa shape index (κ2) is 7.65. The van der Waals surface area contributed by atoms with Crippen LogP contribution < -0.4 is 10.1 Å². The van der Waals surface area contributed by atoms with E-state index in [0.717, 1.165) is 5.56 Å². The van der Waals surface area contributed by atoms with Crippen LogP contribution in [0.25, 0.3) is 0 Å². The first-order valence-corrected chi connectivity index (χ1v) is 9.41. The SMILES string of the molecule is COc1ccc(C(C)(C)C)cc1NC(=O)CSc1nnnn1C(C)(C)C. The number of tetrazole rings is 1. The van der Waals surface area contributed by atoms with E-state index < -0.39 is 0 Å². The summed E-state index contributed by atoms with van der Waals surface area (Å²) in [7, 11) is 1.59. The van der Waals surface area contributed by atoms with Gasteiger partial charge in [0.2, 0.25) is 11.1 Å². The average Bonchev–Trinajstić information content (AvgIpc) is 3.01. The molecule has 7 nitrogen and oxygen atoms in total. The maximum Gasteiger partial charge on any atom is 0.234 e. The fraction of sp³-hybridized carbons (Fsp3) is 0.556. The Balaban J connectivity index is 2.10. The summed E-state index contributed by atoms with van der Waals surface area (Å²) < 4.78 is 7.08. The number of hydrogen-bond donors (Lipinski definition) is 1. The summed E-state index contributed by atoms with van der Waals surface area (Å²) >= 11 is 1.31. The molecule has 0 aliphatic rings. The Labute approximate surface area is 158 Å². The van der Waals surface area contributed by atoms with Gasteiger partial charge in [0.15, 0.2) is 0 Å². The molecule has 8 heteroatoms. The molecule has 0 saturated heterocycles. The Morgan fingerprint density at radius 2 is 1.92 bits per heavy atom. The molecule has 1 heterocycles. The zero-order chi connectivity index (χ0) is 19.5. The molecule has 0 bridgehead atoms. The van der Waals surface area contributed by atoms with E-state index in [1.807, 2.05) is 39.0 Å². The molecule has 0 aliphatic heterocycles. The van der Waals surface area contributed by atoms with E-state index in [0.29, 0.717) is 16.6 Å². The third-order valence-electron chi connectivity index (χ3n) is 3.75. The minimum absolute atomic E-state index is 0.0186. The minimum atomic E-state index is -0.243. The van der Waals surface area contributed by atoms with Gasteiger partial charge in [-0.2, -0.15) is 0 Å². The van der Waals surface area contributed by atoms with Crippen molar-refractivity contribution in [3.63, 3.8) is 0 Å². The van der Waals surface area contributed by atoms with Gasteiger partial charge >= 0.3 is 0 Å². The fourth-order valence-electron chi connectivity index (χ4n) is 2.28. The number of carbonyl (C=O) groups is 1. The normalized spacial score (nSPS) is 12.1. The van der Waals surface area contributed by atoms with E-state index in [1.165, 1.54) is 11.8 Å². The molecular weight excluding hydrogens is 350 g/mol. The molecule has 2 rings (SSSR count). The molecule has 0 radical (unpaired) electrons. The fourth-order valence-corrected chi connectivity index (χ4v) is 3.14. The number of aromatic nitrogens is 4. The second-order valence-electron chi connectivity index (χ2n) is 8.05. The first-order valence-electron chi connectivity index (χ1n) is 8.42. The van der Waals surface area contributed by atoms with E-state index in [4.69, 9.17) is 4.74 Å². The molecule has 0 aliphatic carbocycles. The Kier molecular flexibility index (Phi) is 5.95. The molecule has 0 atom stereocenters. The smallest absolute Gasteiger partial charge is 0.234 e. The lowest BCUT2D eigenvalue weighted by atomic mass is 9.87. The number of nitrogens with one attached hydrogen (secondary N) is 1. The Hall–Kier alpha value is -2.09. The topological polar surface area (TPSA) is 81.9 Å². The van der Waals surface area contributed by atoms with E-state index in [9.17, 15) is 4.79 Å². The van der Waals surface area contributed by atoms with Crippen molar-refractivity contribution in [3.8, 4) is 5.75 Å². The average molecular weight is 378 g/mol. The predicted molar refractivity (Wildman–Crippen MR) is 104 cm³/mol. The molecule has 1 amide bonds. The van der Waals surface area contributed by atoms with Crippen molar-refractivity contribution in [1.29, 1.82) is 0 Å². The van der Waals surface area contributed by atoms with E-state index in [1.54, 1.807) is 11.8 Å². The number of nitrogens with zero attached hydrogens (tertiary/aromatic N) is 4. The van der Waals surface area contributed by atoms with E-state index >= 15 is 0 Å². The van der Waals surface area contributed by atoms with Crippen molar-refractivity contribution < 1.29 is 9.53 Å². The largest absolute Gasteiger partial charge is 0.495 e. The van der Waals surface area contributed by atoms with Gasteiger partial charge in [0.05, 0.1) is 24.1 Å². The van der Waals surface area contributed by atoms with Gasteiger partial charge in [-0.3, -0.25) is 4.79 Å². The van der Waals surface area contributed by atoms with Crippen LogP contribution in [0.2, 0.25) is 0 Å². The van der Waals surface area contributed by atoms with Gasteiger partial charge in [-0.05, 0) is 54.3 Å². The Morgan fingerprint density at radius 3 is 2.50 bits per heavy atom. The van der Waals surface area contributed by atoms with Crippen LogP contribution in [0, 0.1) is 0 Å². The molecule has 0 unspecified atom stereocenters. The lowest BCUT2D eigenvalue weighted by Crippen LogP contribution is -2.24. The number of methoxy groups -OCH3 is 1. The van der Waals surface area contributed by atoms with Gasteiger partial charge in [-0.15, -0.1) is 5.10 Å². The number of rotatable bonds is 5. The van der Waals surface area contributed by atoms with Crippen LogP contribution in [0.3, 0.4) is 0 Å². The quantitative estimate of drug-likeness (QED) is 0.804. The monoisotopic (exact) mass is 377 g/mol. The van der Waals surface area contributed by atoms with Crippen LogP contribution in [-0.4, -0.2) is 39.0 Å². The summed E-state index contributed by atoms with van der Waals surface area (Å²) in [6.07, 6.45) is 0. The molecule has 1 aromatic heterocycles. The molecule has 1 aromatic carbocycles. The Morgan fingerprint density at radius 1 is 1.23 bits per heavy atom. The molecule has 1 N–H and O–H groups in total. The maximum atomic E-state index is 12.4. The minimum Gasteiger partial charge on any atom is -0.495 e. The van der Waals surface area contributed by atoms with Crippen LogP contribution >= 0.6 is 11.8 Å². The highest BCUT2D eigenvalue weighted by Gasteiger charge is 2.21. The zero-order valence-corrected chi connectivity index (χ0v) is 17.3. The van der Waals surface area contributed by atoms with Crippen molar-refractivity contribution in [2.24, 2.45) is 0 Å². The summed E-state index contributed by atoms with van der Waals surface area (Å²) in [6.45, 7) is 12.4. The van der Waals surface area contributed by atoms with Crippen LogP contribution in [0.5, 0.6) is 5.75 Å². The number of amides is 1. The van der Waals surface area contributed by atoms with E-state index in [2.05, 4.69) is 41.6 Å². The molecule has 0 saturated carbocycles.